The highest BCUT2D eigenvalue weighted by Gasteiger charge is 2.00. The minimum absolute atomic E-state index is 0.104. The van der Waals surface area contributed by atoms with Crippen molar-refractivity contribution in [2.24, 2.45) is 0 Å². The van der Waals surface area contributed by atoms with Crippen molar-refractivity contribution in [1.82, 2.24) is 0 Å². The Labute approximate surface area is 125 Å². The van der Waals surface area contributed by atoms with Gasteiger partial charge in [0, 0.05) is 42.4 Å². The average molecular weight is 286 g/mol. The predicted octanol–water partition coefficient (Wildman–Crippen LogP) is 1.91. The van der Waals surface area contributed by atoms with E-state index >= 15 is 0 Å². The van der Waals surface area contributed by atoms with Crippen molar-refractivity contribution >= 4 is 22.7 Å². The molecule has 21 heavy (non-hydrogen) atoms. The van der Waals surface area contributed by atoms with Crippen molar-refractivity contribution in [2.45, 2.75) is 6.42 Å². The summed E-state index contributed by atoms with van der Waals surface area (Å²) < 4.78 is 0. The lowest BCUT2D eigenvalue weighted by atomic mass is 10.1. The second-order valence-corrected chi connectivity index (χ2v) is 4.86. The third kappa shape index (κ3) is 4.57. The molecule has 2 rings (SSSR count). The molecular formula is C16H22N4O. The summed E-state index contributed by atoms with van der Waals surface area (Å²) in [5.41, 5.74) is 16.0. The molecule has 0 amide bonds. The van der Waals surface area contributed by atoms with Gasteiger partial charge in [0.1, 0.15) is 0 Å². The van der Waals surface area contributed by atoms with Gasteiger partial charge in [-0.3, -0.25) is 0 Å². The number of aliphatic hydroxyl groups is 1. The maximum Gasteiger partial charge on any atom is 0.0472 e. The standard InChI is InChI=1S/C16H22N4O/c17-13-1-3-14(4-2-13)19-8-9-20-15-5-6-16(18)12(11-15)7-10-21/h1-6,11,19-21H,7-10,17-18H2. The molecule has 0 radical (unpaired) electrons. The fourth-order valence-electron chi connectivity index (χ4n) is 2.07. The molecule has 0 atom stereocenters. The molecule has 5 nitrogen and oxygen atoms in total. The fourth-order valence-corrected chi connectivity index (χ4v) is 2.07. The van der Waals surface area contributed by atoms with Crippen LogP contribution in [0.3, 0.4) is 0 Å². The molecule has 0 aliphatic heterocycles. The van der Waals surface area contributed by atoms with E-state index < -0.39 is 0 Å². The molecule has 2 aromatic carbocycles. The van der Waals surface area contributed by atoms with Crippen molar-refractivity contribution in [3.8, 4) is 0 Å². The summed E-state index contributed by atoms with van der Waals surface area (Å²) in [6.07, 6.45) is 0.574. The smallest absolute Gasteiger partial charge is 0.0472 e. The van der Waals surface area contributed by atoms with Crippen LogP contribution in [-0.2, 0) is 6.42 Å². The zero-order valence-corrected chi connectivity index (χ0v) is 12.0. The van der Waals surface area contributed by atoms with Crippen LogP contribution in [0.1, 0.15) is 5.56 Å². The van der Waals surface area contributed by atoms with Gasteiger partial charge in [-0.15, -0.1) is 0 Å². The number of nitrogens with one attached hydrogen (secondary N) is 2. The number of benzene rings is 2. The molecule has 0 saturated heterocycles. The fraction of sp³-hybridized carbons (Fsp3) is 0.250. The zero-order chi connectivity index (χ0) is 15.1. The van der Waals surface area contributed by atoms with Gasteiger partial charge in [0.05, 0.1) is 0 Å². The van der Waals surface area contributed by atoms with Gasteiger partial charge in [0.25, 0.3) is 0 Å². The van der Waals surface area contributed by atoms with Crippen LogP contribution in [0.25, 0.3) is 0 Å². The monoisotopic (exact) mass is 286 g/mol. The molecule has 0 saturated carbocycles. The lowest BCUT2D eigenvalue weighted by Crippen LogP contribution is -2.14. The minimum atomic E-state index is 0.104. The van der Waals surface area contributed by atoms with Crippen molar-refractivity contribution in [2.75, 3.05) is 41.8 Å². The van der Waals surface area contributed by atoms with Crippen LogP contribution in [0.5, 0.6) is 0 Å². The Balaban J connectivity index is 1.80. The van der Waals surface area contributed by atoms with Crippen LogP contribution >= 0.6 is 0 Å². The van der Waals surface area contributed by atoms with Gasteiger partial charge in [-0.05, 0) is 54.4 Å². The molecular weight excluding hydrogens is 264 g/mol. The highest BCUT2D eigenvalue weighted by atomic mass is 16.2. The first kappa shape index (κ1) is 15.0. The molecule has 0 spiro atoms. The maximum atomic E-state index is 9.00. The number of hydrogen-bond donors (Lipinski definition) is 5. The number of hydrogen-bond acceptors (Lipinski definition) is 5. The molecule has 0 aliphatic rings. The van der Waals surface area contributed by atoms with E-state index in [0.29, 0.717) is 6.42 Å². The summed E-state index contributed by atoms with van der Waals surface area (Å²) in [6, 6.07) is 13.4. The summed E-state index contributed by atoms with van der Waals surface area (Å²) in [5, 5.41) is 15.6. The normalized spacial score (nSPS) is 10.3. The van der Waals surface area contributed by atoms with Gasteiger partial charge < -0.3 is 27.2 Å². The largest absolute Gasteiger partial charge is 0.399 e. The van der Waals surface area contributed by atoms with Crippen LogP contribution in [0.15, 0.2) is 42.5 Å². The summed E-state index contributed by atoms with van der Waals surface area (Å²) in [4.78, 5) is 0. The first-order valence-electron chi connectivity index (χ1n) is 7.01. The van der Waals surface area contributed by atoms with Gasteiger partial charge >= 0.3 is 0 Å². The molecule has 0 heterocycles. The van der Waals surface area contributed by atoms with E-state index in [1.165, 1.54) is 0 Å². The highest BCUT2D eigenvalue weighted by Crippen LogP contribution is 2.18. The van der Waals surface area contributed by atoms with Gasteiger partial charge in [-0.25, -0.2) is 0 Å². The van der Waals surface area contributed by atoms with Crippen LogP contribution < -0.4 is 22.1 Å². The highest BCUT2D eigenvalue weighted by molar-refractivity contribution is 5.57. The number of aliphatic hydroxyl groups excluding tert-OH is 1. The minimum Gasteiger partial charge on any atom is -0.399 e. The van der Waals surface area contributed by atoms with Crippen LogP contribution in [0, 0.1) is 0 Å². The summed E-state index contributed by atoms with van der Waals surface area (Å²) >= 11 is 0. The van der Waals surface area contributed by atoms with E-state index in [4.69, 9.17) is 16.6 Å². The number of rotatable bonds is 7. The van der Waals surface area contributed by atoms with E-state index in [1.54, 1.807) is 0 Å². The SMILES string of the molecule is Nc1ccc(NCCNc2ccc(N)c(CCO)c2)cc1. The Morgan fingerprint density at radius 2 is 1.48 bits per heavy atom. The second kappa shape index (κ2) is 7.40. The summed E-state index contributed by atoms with van der Waals surface area (Å²) in [6.45, 7) is 1.68. The lowest BCUT2D eigenvalue weighted by molar-refractivity contribution is 0.300. The average Bonchev–Trinajstić information content (AvgIpc) is 2.49. The van der Waals surface area contributed by atoms with Crippen LogP contribution in [0.4, 0.5) is 22.7 Å². The van der Waals surface area contributed by atoms with Gasteiger partial charge in [-0.1, -0.05) is 0 Å². The lowest BCUT2D eigenvalue weighted by Gasteiger charge is -2.11. The molecule has 0 fully saturated rings. The molecule has 0 aromatic heterocycles. The molecule has 2 aromatic rings. The molecule has 0 unspecified atom stereocenters. The predicted molar refractivity (Wildman–Crippen MR) is 89.5 cm³/mol. The Morgan fingerprint density at radius 1 is 0.857 bits per heavy atom. The number of nitrogens with two attached hydrogens (primary N) is 2. The molecule has 5 heteroatoms. The first-order valence-corrected chi connectivity index (χ1v) is 7.01. The maximum absolute atomic E-state index is 9.00. The summed E-state index contributed by atoms with van der Waals surface area (Å²) in [5.74, 6) is 0. The Bertz CT molecular complexity index is 569. The third-order valence-corrected chi connectivity index (χ3v) is 3.22. The number of nitrogen functional groups attached to an aromatic ring is 2. The van der Waals surface area contributed by atoms with Crippen molar-refractivity contribution in [1.29, 1.82) is 0 Å². The van der Waals surface area contributed by atoms with Gasteiger partial charge in [0.2, 0.25) is 0 Å². The zero-order valence-electron chi connectivity index (χ0n) is 12.0. The topological polar surface area (TPSA) is 96.3 Å². The van der Waals surface area contributed by atoms with E-state index in [-0.39, 0.29) is 6.61 Å². The van der Waals surface area contributed by atoms with E-state index in [2.05, 4.69) is 10.6 Å². The summed E-state index contributed by atoms with van der Waals surface area (Å²) in [7, 11) is 0. The Kier molecular flexibility index (Phi) is 5.29. The Morgan fingerprint density at radius 3 is 2.14 bits per heavy atom. The van der Waals surface area contributed by atoms with Crippen molar-refractivity contribution in [3.05, 3.63) is 48.0 Å². The quantitative estimate of drug-likeness (QED) is 0.396. The van der Waals surface area contributed by atoms with Crippen LogP contribution in [-0.4, -0.2) is 24.8 Å². The number of anilines is 4. The molecule has 7 N–H and O–H groups in total. The first-order chi connectivity index (χ1) is 10.2. The van der Waals surface area contributed by atoms with Crippen molar-refractivity contribution in [3.63, 3.8) is 0 Å². The van der Waals surface area contributed by atoms with Gasteiger partial charge in [-0.2, -0.15) is 0 Å². The second-order valence-electron chi connectivity index (χ2n) is 4.86. The molecule has 0 aliphatic carbocycles. The Hall–Kier alpha value is -2.40. The van der Waals surface area contributed by atoms with E-state index in [9.17, 15) is 0 Å². The van der Waals surface area contributed by atoms with Crippen molar-refractivity contribution < 1.29 is 5.11 Å². The van der Waals surface area contributed by atoms with E-state index in [0.717, 1.165) is 41.4 Å². The van der Waals surface area contributed by atoms with E-state index in [1.807, 2.05) is 42.5 Å². The van der Waals surface area contributed by atoms with Crippen LogP contribution in [0.2, 0.25) is 0 Å². The third-order valence-electron chi connectivity index (χ3n) is 3.22. The molecule has 112 valence electrons. The van der Waals surface area contributed by atoms with Gasteiger partial charge in [0.15, 0.2) is 0 Å². The molecule has 0 bridgehead atoms.